The van der Waals surface area contributed by atoms with Gasteiger partial charge in [-0.1, -0.05) is 43.7 Å². The Morgan fingerprint density at radius 2 is 1.89 bits per heavy atom. The third kappa shape index (κ3) is 4.60. The number of ketones is 1. The minimum atomic E-state index is -3.99. The van der Waals surface area contributed by atoms with E-state index < -0.39 is 40.0 Å². The third-order valence-electron chi connectivity index (χ3n) is 6.88. The molecule has 1 N–H and O–H groups in total. The molecule has 2 fully saturated rings. The second-order valence-corrected chi connectivity index (χ2v) is 11.1. The van der Waals surface area contributed by atoms with E-state index in [0.717, 1.165) is 9.69 Å². The number of rotatable bonds is 7. The van der Waals surface area contributed by atoms with Gasteiger partial charge in [-0.25, -0.2) is 18.4 Å². The van der Waals surface area contributed by atoms with Gasteiger partial charge in [0.25, 0.3) is 15.9 Å². The van der Waals surface area contributed by atoms with Gasteiger partial charge in [0.2, 0.25) is 5.91 Å². The molecule has 2 aliphatic rings. The predicted molar refractivity (Wildman–Crippen MR) is 135 cm³/mol. The molecule has 3 unspecified atom stereocenters. The number of nitrogens with one attached hydrogen (secondary N) is 1. The Balaban J connectivity index is 1.34. The van der Waals surface area contributed by atoms with Crippen molar-refractivity contribution in [1.29, 1.82) is 0 Å². The lowest BCUT2D eigenvalue weighted by Crippen LogP contribution is -2.52. The number of hydrogen-bond donors (Lipinski definition) is 1. The zero-order valence-corrected chi connectivity index (χ0v) is 21.1. The summed E-state index contributed by atoms with van der Waals surface area (Å²) in [7, 11) is -3.99. The summed E-state index contributed by atoms with van der Waals surface area (Å²) >= 11 is 0. The number of sulfonamides is 1. The van der Waals surface area contributed by atoms with Crippen LogP contribution < -0.4 is 5.32 Å². The topological polar surface area (TPSA) is 130 Å². The van der Waals surface area contributed by atoms with E-state index in [0.29, 0.717) is 24.8 Å². The fourth-order valence-electron chi connectivity index (χ4n) is 5.13. The van der Waals surface area contributed by atoms with E-state index >= 15 is 0 Å². The number of pyridine rings is 2. The Morgan fingerprint density at radius 1 is 1.11 bits per heavy atom. The second-order valence-electron chi connectivity index (χ2n) is 9.22. The van der Waals surface area contributed by atoms with Crippen molar-refractivity contribution in [2.75, 3.05) is 13.1 Å². The Hall–Kier alpha value is -3.70. The molecule has 0 bridgehead atoms. The number of amides is 2. The summed E-state index contributed by atoms with van der Waals surface area (Å²) in [5.74, 6) is -1.22. The molecule has 192 valence electrons. The molecule has 0 radical (unpaired) electrons. The third-order valence-corrected chi connectivity index (χ3v) is 8.67. The SMILES string of the molecule is CCCC(NC(=O)c1ccc2ccccc2n1)C(=O)N1CCC2C1C(=O)CN2S(=O)(=O)c1ccccn1. The summed E-state index contributed by atoms with van der Waals surface area (Å²) in [6, 6.07) is 13.0. The van der Waals surface area contributed by atoms with Crippen LogP contribution in [0.1, 0.15) is 36.7 Å². The summed E-state index contributed by atoms with van der Waals surface area (Å²) in [4.78, 5) is 49.4. The number of aromatic nitrogens is 2. The van der Waals surface area contributed by atoms with Gasteiger partial charge in [0, 0.05) is 18.1 Å². The van der Waals surface area contributed by atoms with E-state index in [1.807, 2.05) is 31.2 Å². The van der Waals surface area contributed by atoms with Crippen LogP contribution >= 0.6 is 0 Å². The minimum Gasteiger partial charge on any atom is -0.339 e. The number of likely N-dealkylation sites (tertiary alicyclic amines) is 1. The molecule has 0 aliphatic carbocycles. The molecule has 0 saturated carbocycles. The molecular formula is C26H27N5O5S. The zero-order chi connectivity index (χ0) is 26.2. The average Bonchev–Trinajstić information content (AvgIpc) is 3.49. The molecule has 37 heavy (non-hydrogen) atoms. The first kappa shape index (κ1) is 25.0. The molecule has 3 atom stereocenters. The van der Waals surface area contributed by atoms with Crippen LogP contribution in [0.5, 0.6) is 0 Å². The summed E-state index contributed by atoms with van der Waals surface area (Å²) in [5, 5.41) is 3.56. The zero-order valence-electron chi connectivity index (χ0n) is 20.3. The lowest BCUT2D eigenvalue weighted by Gasteiger charge is -2.28. The number of carbonyl (C=O) groups is 3. The molecular weight excluding hydrogens is 494 g/mol. The highest BCUT2D eigenvalue weighted by Crippen LogP contribution is 2.34. The number of carbonyl (C=O) groups excluding carboxylic acids is 3. The van der Waals surface area contributed by atoms with Crippen molar-refractivity contribution < 1.29 is 22.8 Å². The molecule has 0 spiro atoms. The molecule has 2 saturated heterocycles. The largest absolute Gasteiger partial charge is 0.339 e. The lowest BCUT2D eigenvalue weighted by molar-refractivity contribution is -0.138. The van der Waals surface area contributed by atoms with Gasteiger partial charge >= 0.3 is 0 Å². The predicted octanol–water partition coefficient (Wildman–Crippen LogP) is 1.77. The first-order valence-corrected chi connectivity index (χ1v) is 13.7. The Kier molecular flexibility index (Phi) is 6.74. The van der Waals surface area contributed by atoms with Crippen molar-refractivity contribution in [2.45, 2.75) is 49.3 Å². The average molecular weight is 522 g/mol. The van der Waals surface area contributed by atoms with Gasteiger partial charge in [0.1, 0.15) is 17.8 Å². The minimum absolute atomic E-state index is 0.132. The fourth-order valence-corrected chi connectivity index (χ4v) is 6.69. The van der Waals surface area contributed by atoms with Gasteiger partial charge in [-0.2, -0.15) is 4.31 Å². The number of Topliss-reactive ketones (excluding diaryl/α,β-unsaturated/α-hetero) is 1. The van der Waals surface area contributed by atoms with Crippen LogP contribution in [0.3, 0.4) is 0 Å². The smallest absolute Gasteiger partial charge is 0.270 e. The molecule has 5 rings (SSSR count). The van der Waals surface area contributed by atoms with Crippen molar-refractivity contribution in [2.24, 2.45) is 0 Å². The summed E-state index contributed by atoms with van der Waals surface area (Å²) in [6.45, 7) is 1.80. The number of nitrogens with zero attached hydrogens (tertiary/aromatic N) is 4. The van der Waals surface area contributed by atoms with E-state index in [-0.39, 0.29) is 29.6 Å². The highest BCUT2D eigenvalue weighted by atomic mass is 32.2. The van der Waals surface area contributed by atoms with Gasteiger partial charge in [-0.05, 0) is 37.1 Å². The van der Waals surface area contributed by atoms with Gasteiger partial charge in [-0.3, -0.25) is 14.4 Å². The summed E-state index contributed by atoms with van der Waals surface area (Å²) in [5.41, 5.74) is 0.859. The highest BCUT2D eigenvalue weighted by Gasteiger charge is 2.54. The quantitative estimate of drug-likeness (QED) is 0.502. The number of para-hydroxylation sites is 1. The number of benzene rings is 1. The molecule has 3 aromatic rings. The van der Waals surface area contributed by atoms with E-state index in [1.165, 1.54) is 17.2 Å². The van der Waals surface area contributed by atoms with Gasteiger partial charge in [0.15, 0.2) is 10.8 Å². The molecule has 2 aromatic heterocycles. The lowest BCUT2D eigenvalue weighted by atomic mass is 10.1. The van der Waals surface area contributed by atoms with Crippen LogP contribution in [0.4, 0.5) is 0 Å². The monoisotopic (exact) mass is 521 g/mol. The van der Waals surface area contributed by atoms with Crippen LogP contribution in [-0.4, -0.2) is 76.4 Å². The van der Waals surface area contributed by atoms with E-state index in [1.54, 1.807) is 24.3 Å². The Bertz CT molecular complexity index is 1460. The molecule has 1 aromatic carbocycles. The molecule has 10 nitrogen and oxygen atoms in total. The highest BCUT2D eigenvalue weighted by molar-refractivity contribution is 7.89. The van der Waals surface area contributed by atoms with Crippen LogP contribution in [0, 0.1) is 0 Å². The van der Waals surface area contributed by atoms with Crippen molar-refractivity contribution in [3.05, 3.63) is 66.5 Å². The number of fused-ring (bicyclic) bond motifs is 2. The van der Waals surface area contributed by atoms with Gasteiger partial charge in [0.05, 0.1) is 18.1 Å². The van der Waals surface area contributed by atoms with E-state index in [9.17, 15) is 22.8 Å². The van der Waals surface area contributed by atoms with Gasteiger partial charge in [-0.15, -0.1) is 0 Å². The normalized spacial score (nSPS) is 20.7. The van der Waals surface area contributed by atoms with Crippen molar-refractivity contribution in [3.63, 3.8) is 0 Å². The number of hydrogen-bond acceptors (Lipinski definition) is 7. The van der Waals surface area contributed by atoms with E-state index in [4.69, 9.17) is 0 Å². The summed E-state index contributed by atoms with van der Waals surface area (Å²) < 4.78 is 27.5. The molecule has 11 heteroatoms. The molecule has 4 heterocycles. The standard InChI is InChI=1S/C26H27N5O5S/c1-2-7-20(29-25(33)19-12-11-17-8-3-4-9-18(17)28-19)26(34)30-15-13-21-24(30)22(32)16-31(21)37(35,36)23-10-5-6-14-27-23/h3-6,8-12,14,20-21,24H,2,7,13,15-16H2,1H3,(H,29,33). The van der Waals surface area contributed by atoms with Crippen LogP contribution in [0.15, 0.2) is 65.8 Å². The van der Waals surface area contributed by atoms with Crippen LogP contribution in [0.25, 0.3) is 10.9 Å². The Morgan fingerprint density at radius 3 is 2.65 bits per heavy atom. The second kappa shape index (κ2) is 9.98. The van der Waals surface area contributed by atoms with Crippen LogP contribution in [-0.2, 0) is 19.6 Å². The maximum absolute atomic E-state index is 13.6. The first-order chi connectivity index (χ1) is 17.8. The molecule has 2 aliphatic heterocycles. The maximum atomic E-state index is 13.6. The van der Waals surface area contributed by atoms with Crippen molar-refractivity contribution in [3.8, 4) is 0 Å². The first-order valence-electron chi connectivity index (χ1n) is 12.2. The summed E-state index contributed by atoms with van der Waals surface area (Å²) in [6.07, 6.45) is 2.70. The van der Waals surface area contributed by atoms with Gasteiger partial charge < -0.3 is 10.2 Å². The molecule has 2 amide bonds. The van der Waals surface area contributed by atoms with Crippen LogP contribution in [0.2, 0.25) is 0 Å². The van der Waals surface area contributed by atoms with Crippen molar-refractivity contribution >= 4 is 38.5 Å². The maximum Gasteiger partial charge on any atom is 0.270 e. The fraction of sp³-hybridized carbons (Fsp3) is 0.346. The van der Waals surface area contributed by atoms with E-state index in [2.05, 4.69) is 15.3 Å². The van der Waals surface area contributed by atoms with Crippen molar-refractivity contribution in [1.82, 2.24) is 24.5 Å². The Labute approximate surface area is 214 Å².